The largest absolute Gasteiger partial charge is 0.287 e. The van der Waals surface area contributed by atoms with Crippen molar-refractivity contribution in [1.82, 2.24) is 14.8 Å². The molecule has 0 fully saturated rings. The van der Waals surface area contributed by atoms with E-state index in [9.17, 15) is 4.79 Å². The Morgan fingerprint density at radius 1 is 1.14 bits per heavy atom. The van der Waals surface area contributed by atoms with Crippen LogP contribution in [-0.4, -0.2) is 20.5 Å². The molecule has 2 heterocycles. The van der Waals surface area contributed by atoms with E-state index in [4.69, 9.17) is 11.6 Å². The first kappa shape index (κ1) is 14.5. The molecular formula is C17H14ClN3O. The van der Waals surface area contributed by atoms with Crippen LogP contribution in [-0.2, 0) is 7.05 Å². The zero-order chi connectivity index (χ0) is 15.7. The predicted molar refractivity (Wildman–Crippen MR) is 86.1 cm³/mol. The summed E-state index contributed by atoms with van der Waals surface area (Å²) in [5.74, 6) is -0.122. The number of nitrogens with zero attached hydrogens (tertiary/aromatic N) is 3. The van der Waals surface area contributed by atoms with Crippen LogP contribution < -0.4 is 0 Å². The number of ketones is 1. The van der Waals surface area contributed by atoms with E-state index in [1.54, 1.807) is 48.4 Å². The van der Waals surface area contributed by atoms with Crippen molar-refractivity contribution in [1.29, 1.82) is 0 Å². The first-order valence-corrected chi connectivity index (χ1v) is 7.19. The average molecular weight is 312 g/mol. The third kappa shape index (κ3) is 2.65. The summed E-state index contributed by atoms with van der Waals surface area (Å²) >= 11 is 5.88. The topological polar surface area (TPSA) is 47.8 Å². The van der Waals surface area contributed by atoms with Crippen LogP contribution in [0, 0.1) is 6.92 Å². The van der Waals surface area contributed by atoms with E-state index in [1.165, 1.54) is 0 Å². The fourth-order valence-electron chi connectivity index (χ4n) is 2.37. The highest BCUT2D eigenvalue weighted by Gasteiger charge is 2.20. The van der Waals surface area contributed by atoms with Crippen LogP contribution in [0.5, 0.6) is 0 Å². The summed E-state index contributed by atoms with van der Waals surface area (Å²) in [5.41, 5.74) is 3.76. The molecule has 0 aliphatic rings. The van der Waals surface area contributed by atoms with E-state index < -0.39 is 0 Å². The molecule has 3 rings (SSSR count). The number of hydrogen-bond donors (Lipinski definition) is 0. The van der Waals surface area contributed by atoms with Gasteiger partial charge in [0.25, 0.3) is 0 Å². The normalized spacial score (nSPS) is 10.7. The number of aryl methyl sites for hydroxylation is 2. The van der Waals surface area contributed by atoms with Gasteiger partial charge in [-0.15, -0.1) is 0 Å². The molecule has 0 saturated heterocycles. The number of hydrogen-bond acceptors (Lipinski definition) is 3. The third-order valence-corrected chi connectivity index (χ3v) is 3.71. The number of pyridine rings is 1. The lowest BCUT2D eigenvalue weighted by atomic mass is 9.99. The van der Waals surface area contributed by atoms with E-state index in [-0.39, 0.29) is 5.78 Å². The summed E-state index contributed by atoms with van der Waals surface area (Å²) in [6.07, 6.45) is 5.34. The Kier molecular flexibility index (Phi) is 3.77. The SMILES string of the molecule is Cc1cnccc1-c1cn(C)nc1C(=O)c1ccc(Cl)cc1. The summed E-state index contributed by atoms with van der Waals surface area (Å²) in [4.78, 5) is 16.8. The Labute approximate surface area is 133 Å². The quantitative estimate of drug-likeness (QED) is 0.693. The smallest absolute Gasteiger partial charge is 0.213 e. The fourth-order valence-corrected chi connectivity index (χ4v) is 2.49. The third-order valence-electron chi connectivity index (χ3n) is 3.46. The summed E-state index contributed by atoms with van der Waals surface area (Å²) < 4.78 is 1.65. The maximum atomic E-state index is 12.7. The minimum atomic E-state index is -0.122. The Morgan fingerprint density at radius 3 is 2.55 bits per heavy atom. The van der Waals surface area contributed by atoms with Gasteiger partial charge in [0.1, 0.15) is 5.69 Å². The van der Waals surface area contributed by atoms with Crippen LogP contribution in [0.25, 0.3) is 11.1 Å². The minimum Gasteiger partial charge on any atom is -0.287 e. The molecule has 0 atom stereocenters. The molecule has 3 aromatic rings. The van der Waals surface area contributed by atoms with Crippen molar-refractivity contribution in [3.63, 3.8) is 0 Å². The van der Waals surface area contributed by atoms with Crippen molar-refractivity contribution in [2.24, 2.45) is 7.05 Å². The second-order valence-corrected chi connectivity index (χ2v) is 5.53. The molecule has 0 aliphatic carbocycles. The monoisotopic (exact) mass is 311 g/mol. The number of carbonyl (C=O) groups is 1. The molecule has 110 valence electrons. The van der Waals surface area contributed by atoms with Gasteiger partial charge in [0, 0.05) is 41.8 Å². The van der Waals surface area contributed by atoms with E-state index in [0.717, 1.165) is 16.7 Å². The van der Waals surface area contributed by atoms with Gasteiger partial charge in [-0.3, -0.25) is 14.5 Å². The molecular weight excluding hydrogens is 298 g/mol. The van der Waals surface area contributed by atoms with E-state index in [2.05, 4.69) is 10.1 Å². The van der Waals surface area contributed by atoms with Crippen molar-refractivity contribution >= 4 is 17.4 Å². The molecule has 0 radical (unpaired) electrons. The van der Waals surface area contributed by atoms with Crippen LogP contribution >= 0.6 is 11.6 Å². The van der Waals surface area contributed by atoms with Crippen molar-refractivity contribution in [3.05, 3.63) is 70.8 Å². The van der Waals surface area contributed by atoms with Crippen molar-refractivity contribution in [2.45, 2.75) is 6.92 Å². The molecule has 22 heavy (non-hydrogen) atoms. The van der Waals surface area contributed by atoms with Crippen LogP contribution in [0.4, 0.5) is 0 Å². The number of benzene rings is 1. The van der Waals surface area contributed by atoms with Crippen LogP contribution in [0.1, 0.15) is 21.6 Å². The van der Waals surface area contributed by atoms with Gasteiger partial charge in [-0.1, -0.05) is 11.6 Å². The summed E-state index contributed by atoms with van der Waals surface area (Å²) in [6, 6.07) is 8.72. The standard InChI is InChI=1S/C17H14ClN3O/c1-11-9-19-8-7-14(11)15-10-21(2)20-16(15)17(22)12-3-5-13(18)6-4-12/h3-10H,1-2H3. The van der Waals surface area contributed by atoms with Crippen LogP contribution in [0.15, 0.2) is 48.9 Å². The molecule has 0 spiro atoms. The number of rotatable bonds is 3. The summed E-state index contributed by atoms with van der Waals surface area (Å²) in [5, 5.41) is 4.94. The number of halogens is 1. The van der Waals surface area contributed by atoms with Crippen LogP contribution in [0.2, 0.25) is 5.02 Å². The number of aromatic nitrogens is 3. The zero-order valence-corrected chi connectivity index (χ0v) is 13.0. The molecule has 0 unspecified atom stereocenters. The lowest BCUT2D eigenvalue weighted by Gasteiger charge is -2.05. The minimum absolute atomic E-state index is 0.122. The summed E-state index contributed by atoms with van der Waals surface area (Å²) in [6.45, 7) is 1.96. The molecule has 1 aromatic carbocycles. The van der Waals surface area contributed by atoms with Crippen molar-refractivity contribution in [2.75, 3.05) is 0 Å². The van der Waals surface area contributed by atoms with E-state index in [0.29, 0.717) is 16.3 Å². The maximum absolute atomic E-state index is 12.7. The second-order valence-electron chi connectivity index (χ2n) is 5.09. The maximum Gasteiger partial charge on any atom is 0.213 e. The van der Waals surface area contributed by atoms with E-state index in [1.807, 2.05) is 19.2 Å². The van der Waals surface area contributed by atoms with Crippen molar-refractivity contribution < 1.29 is 4.79 Å². The summed E-state index contributed by atoms with van der Waals surface area (Å²) in [7, 11) is 1.80. The Bertz CT molecular complexity index is 837. The highest BCUT2D eigenvalue weighted by atomic mass is 35.5. The van der Waals surface area contributed by atoms with Crippen LogP contribution in [0.3, 0.4) is 0 Å². The van der Waals surface area contributed by atoms with Gasteiger partial charge in [0.2, 0.25) is 5.78 Å². The molecule has 0 N–H and O–H groups in total. The van der Waals surface area contributed by atoms with Gasteiger partial charge in [-0.05, 0) is 48.4 Å². The molecule has 5 heteroatoms. The highest BCUT2D eigenvalue weighted by Crippen LogP contribution is 2.27. The first-order valence-electron chi connectivity index (χ1n) is 6.81. The highest BCUT2D eigenvalue weighted by molar-refractivity contribution is 6.30. The average Bonchev–Trinajstić information content (AvgIpc) is 2.89. The molecule has 0 aliphatic heterocycles. The zero-order valence-electron chi connectivity index (χ0n) is 12.2. The fraction of sp³-hybridized carbons (Fsp3) is 0.118. The predicted octanol–water partition coefficient (Wildman–Crippen LogP) is 3.67. The Hall–Kier alpha value is -2.46. The Morgan fingerprint density at radius 2 is 1.86 bits per heavy atom. The molecule has 4 nitrogen and oxygen atoms in total. The van der Waals surface area contributed by atoms with Gasteiger partial charge in [0.05, 0.1) is 0 Å². The molecule has 2 aromatic heterocycles. The lowest BCUT2D eigenvalue weighted by molar-refractivity contribution is 0.103. The second kappa shape index (κ2) is 5.73. The van der Waals surface area contributed by atoms with Gasteiger partial charge in [0.15, 0.2) is 0 Å². The first-order chi connectivity index (χ1) is 10.6. The Balaban J connectivity index is 2.10. The number of carbonyl (C=O) groups excluding carboxylic acids is 1. The van der Waals surface area contributed by atoms with E-state index >= 15 is 0 Å². The molecule has 0 saturated carbocycles. The molecule has 0 amide bonds. The van der Waals surface area contributed by atoms with Gasteiger partial charge in [-0.2, -0.15) is 5.10 Å². The lowest BCUT2D eigenvalue weighted by Crippen LogP contribution is -2.05. The van der Waals surface area contributed by atoms with Gasteiger partial charge >= 0.3 is 0 Å². The van der Waals surface area contributed by atoms with Gasteiger partial charge in [-0.25, -0.2) is 0 Å². The van der Waals surface area contributed by atoms with Crippen molar-refractivity contribution in [3.8, 4) is 11.1 Å². The van der Waals surface area contributed by atoms with Gasteiger partial charge < -0.3 is 0 Å². The molecule has 0 bridgehead atoms.